The number of nitrogens with zero attached hydrogens (tertiary/aromatic N) is 1. The van der Waals surface area contributed by atoms with Crippen LogP contribution in [-0.4, -0.2) is 47.8 Å². The highest BCUT2D eigenvalue weighted by atomic mass is 16.5. The van der Waals surface area contributed by atoms with E-state index < -0.39 is 5.97 Å². The summed E-state index contributed by atoms with van der Waals surface area (Å²) in [6.07, 6.45) is 1.12. The van der Waals surface area contributed by atoms with Crippen molar-refractivity contribution in [3.63, 3.8) is 0 Å². The Morgan fingerprint density at radius 1 is 1.69 bits per heavy atom. The van der Waals surface area contributed by atoms with E-state index in [1.54, 1.807) is 0 Å². The van der Waals surface area contributed by atoms with E-state index in [0.29, 0.717) is 18.7 Å². The molecule has 0 saturated carbocycles. The molecule has 0 aromatic carbocycles. The maximum Gasteiger partial charge on any atom is 0.329 e. The van der Waals surface area contributed by atoms with Crippen LogP contribution < -0.4 is 0 Å². The molecule has 1 unspecified atom stereocenters. The minimum Gasteiger partial charge on any atom is -0.480 e. The average molecular weight is 187 g/mol. The molecule has 1 saturated heterocycles. The van der Waals surface area contributed by atoms with Gasteiger partial charge in [0.15, 0.2) is 0 Å². The molecule has 4 heteroatoms. The SMILES string of the molecule is CC(C)N1CCC1COCC(=O)O. The molecule has 0 aromatic rings. The molecule has 4 nitrogen and oxygen atoms in total. The standard InChI is InChI=1S/C9H17NO3/c1-7(2)10-4-3-8(10)5-13-6-9(11)12/h7-8H,3-6H2,1-2H3,(H,11,12). The number of aliphatic carboxylic acids is 1. The molecule has 1 atom stereocenters. The Morgan fingerprint density at radius 3 is 2.77 bits per heavy atom. The first kappa shape index (κ1) is 10.5. The van der Waals surface area contributed by atoms with Gasteiger partial charge >= 0.3 is 5.97 Å². The van der Waals surface area contributed by atoms with Crippen LogP contribution in [0.25, 0.3) is 0 Å². The lowest BCUT2D eigenvalue weighted by molar-refractivity contribution is -0.143. The van der Waals surface area contributed by atoms with Gasteiger partial charge in [-0.3, -0.25) is 4.90 Å². The lowest BCUT2D eigenvalue weighted by atomic mass is 10.0. The highest BCUT2D eigenvalue weighted by Crippen LogP contribution is 2.20. The van der Waals surface area contributed by atoms with E-state index in [1.807, 2.05) is 0 Å². The Balaban J connectivity index is 2.12. The molecule has 1 rings (SSSR count). The lowest BCUT2D eigenvalue weighted by Gasteiger charge is -2.43. The van der Waals surface area contributed by atoms with Crippen LogP contribution in [0.5, 0.6) is 0 Å². The van der Waals surface area contributed by atoms with Crippen molar-refractivity contribution < 1.29 is 14.6 Å². The van der Waals surface area contributed by atoms with E-state index in [4.69, 9.17) is 9.84 Å². The minimum absolute atomic E-state index is 0.178. The number of likely N-dealkylation sites (tertiary alicyclic amines) is 1. The quantitative estimate of drug-likeness (QED) is 0.683. The largest absolute Gasteiger partial charge is 0.480 e. The molecule has 1 heterocycles. The van der Waals surface area contributed by atoms with Crippen LogP contribution in [0, 0.1) is 0 Å². The van der Waals surface area contributed by atoms with E-state index in [-0.39, 0.29) is 6.61 Å². The van der Waals surface area contributed by atoms with Crippen molar-refractivity contribution in [3.05, 3.63) is 0 Å². The summed E-state index contributed by atoms with van der Waals surface area (Å²) in [6, 6.07) is 0.964. The van der Waals surface area contributed by atoms with Crippen molar-refractivity contribution in [2.24, 2.45) is 0 Å². The Labute approximate surface area is 78.5 Å². The molecule has 13 heavy (non-hydrogen) atoms. The number of carbonyl (C=O) groups is 1. The summed E-state index contributed by atoms with van der Waals surface area (Å²) in [5, 5.41) is 8.35. The van der Waals surface area contributed by atoms with Crippen molar-refractivity contribution in [3.8, 4) is 0 Å². The number of carboxylic acid groups (broad SMARTS) is 1. The molecular weight excluding hydrogens is 170 g/mol. The zero-order valence-electron chi connectivity index (χ0n) is 8.19. The van der Waals surface area contributed by atoms with Gasteiger partial charge in [0.25, 0.3) is 0 Å². The third-order valence-electron chi connectivity index (χ3n) is 2.39. The van der Waals surface area contributed by atoms with Gasteiger partial charge < -0.3 is 9.84 Å². The Bertz CT molecular complexity index is 182. The molecule has 1 aliphatic rings. The molecule has 0 bridgehead atoms. The molecule has 0 aliphatic carbocycles. The van der Waals surface area contributed by atoms with Gasteiger partial charge in [0, 0.05) is 18.6 Å². The number of hydrogen-bond donors (Lipinski definition) is 1. The molecule has 76 valence electrons. The molecule has 0 aromatic heterocycles. The molecule has 0 spiro atoms. The first-order chi connectivity index (χ1) is 6.11. The van der Waals surface area contributed by atoms with Crippen LogP contribution in [0.2, 0.25) is 0 Å². The second kappa shape index (κ2) is 4.58. The third kappa shape index (κ3) is 2.97. The van der Waals surface area contributed by atoms with Gasteiger partial charge in [0.1, 0.15) is 6.61 Å². The van der Waals surface area contributed by atoms with Crippen molar-refractivity contribution in [2.45, 2.75) is 32.4 Å². The predicted octanol–water partition coefficient (Wildman–Crippen LogP) is 0.570. The maximum atomic E-state index is 10.2. The van der Waals surface area contributed by atoms with Crippen molar-refractivity contribution in [2.75, 3.05) is 19.8 Å². The summed E-state index contributed by atoms with van der Waals surface area (Å²) in [5.74, 6) is -0.893. The number of carboxylic acids is 1. The first-order valence-electron chi connectivity index (χ1n) is 4.66. The summed E-state index contributed by atoms with van der Waals surface area (Å²) in [4.78, 5) is 12.5. The number of rotatable bonds is 5. The van der Waals surface area contributed by atoms with Crippen molar-refractivity contribution >= 4 is 5.97 Å². The highest BCUT2D eigenvalue weighted by Gasteiger charge is 2.29. The van der Waals surface area contributed by atoms with E-state index in [0.717, 1.165) is 13.0 Å². The Kier molecular flexibility index (Phi) is 3.69. The van der Waals surface area contributed by atoms with Gasteiger partial charge in [-0.2, -0.15) is 0 Å². The van der Waals surface area contributed by atoms with Crippen LogP contribution in [-0.2, 0) is 9.53 Å². The molecule has 0 amide bonds. The van der Waals surface area contributed by atoms with Gasteiger partial charge in [-0.25, -0.2) is 4.79 Å². The topological polar surface area (TPSA) is 49.8 Å². The maximum absolute atomic E-state index is 10.2. The van der Waals surface area contributed by atoms with E-state index in [2.05, 4.69) is 18.7 Å². The van der Waals surface area contributed by atoms with Crippen molar-refractivity contribution in [1.82, 2.24) is 4.90 Å². The zero-order chi connectivity index (χ0) is 9.84. The van der Waals surface area contributed by atoms with Crippen LogP contribution in [0.3, 0.4) is 0 Å². The summed E-state index contributed by atoms with van der Waals surface area (Å²) >= 11 is 0. The number of hydrogen-bond acceptors (Lipinski definition) is 3. The summed E-state index contributed by atoms with van der Waals surface area (Å²) in [7, 11) is 0. The fraction of sp³-hybridized carbons (Fsp3) is 0.889. The van der Waals surface area contributed by atoms with E-state index in [9.17, 15) is 4.79 Å². The monoisotopic (exact) mass is 187 g/mol. The van der Waals surface area contributed by atoms with Gasteiger partial charge in [0.2, 0.25) is 0 Å². The van der Waals surface area contributed by atoms with E-state index >= 15 is 0 Å². The normalized spacial score (nSPS) is 23.2. The molecule has 0 radical (unpaired) electrons. The fourth-order valence-electron chi connectivity index (χ4n) is 1.60. The first-order valence-corrected chi connectivity index (χ1v) is 4.66. The second-order valence-electron chi connectivity index (χ2n) is 3.68. The predicted molar refractivity (Wildman–Crippen MR) is 48.7 cm³/mol. The number of ether oxygens (including phenoxy) is 1. The molecular formula is C9H17NO3. The van der Waals surface area contributed by atoms with Gasteiger partial charge in [-0.15, -0.1) is 0 Å². The third-order valence-corrected chi connectivity index (χ3v) is 2.39. The van der Waals surface area contributed by atoms with Gasteiger partial charge in [0.05, 0.1) is 6.61 Å². The Hall–Kier alpha value is -0.610. The van der Waals surface area contributed by atoms with Crippen LogP contribution in [0.4, 0.5) is 0 Å². The fourth-order valence-corrected chi connectivity index (χ4v) is 1.60. The van der Waals surface area contributed by atoms with Gasteiger partial charge in [-0.1, -0.05) is 0 Å². The Morgan fingerprint density at radius 2 is 2.38 bits per heavy atom. The van der Waals surface area contributed by atoms with Crippen molar-refractivity contribution in [1.29, 1.82) is 0 Å². The zero-order valence-corrected chi connectivity index (χ0v) is 8.19. The van der Waals surface area contributed by atoms with E-state index in [1.165, 1.54) is 0 Å². The summed E-state index contributed by atoms with van der Waals surface area (Å²) in [6.45, 7) is 5.76. The highest BCUT2D eigenvalue weighted by molar-refractivity contribution is 5.67. The van der Waals surface area contributed by atoms with Crippen LogP contribution in [0.15, 0.2) is 0 Å². The summed E-state index contributed by atoms with van der Waals surface area (Å²) in [5.41, 5.74) is 0. The lowest BCUT2D eigenvalue weighted by Crippen LogP contribution is -2.53. The molecule has 1 N–H and O–H groups in total. The molecule has 1 fully saturated rings. The van der Waals surface area contributed by atoms with Crippen LogP contribution >= 0.6 is 0 Å². The second-order valence-corrected chi connectivity index (χ2v) is 3.68. The smallest absolute Gasteiger partial charge is 0.329 e. The van der Waals surface area contributed by atoms with Gasteiger partial charge in [-0.05, 0) is 20.3 Å². The summed E-state index contributed by atoms with van der Waals surface area (Å²) < 4.78 is 5.04. The van der Waals surface area contributed by atoms with Crippen LogP contribution in [0.1, 0.15) is 20.3 Å². The molecule has 1 aliphatic heterocycles. The average Bonchev–Trinajstić information content (AvgIpc) is 1.93. The minimum atomic E-state index is -0.893.